The van der Waals surface area contributed by atoms with Crippen LogP contribution in [-0.4, -0.2) is 44.2 Å². The number of nitrogen functional groups attached to an aromatic ring is 1. The minimum absolute atomic E-state index is 0.267. The largest absolute Gasteiger partial charge is 0.384 e. The summed E-state index contributed by atoms with van der Waals surface area (Å²) in [5.74, 6) is -0.380. The molecule has 1 fully saturated rings. The van der Waals surface area contributed by atoms with Gasteiger partial charge in [0, 0.05) is 19.0 Å². The second-order valence-corrected chi connectivity index (χ2v) is 7.68. The van der Waals surface area contributed by atoms with E-state index in [-0.39, 0.29) is 12.0 Å². The summed E-state index contributed by atoms with van der Waals surface area (Å²) in [6.07, 6.45) is 7.88. The fourth-order valence-corrected chi connectivity index (χ4v) is 3.69. The van der Waals surface area contributed by atoms with Crippen LogP contribution in [0.15, 0.2) is 30.6 Å². The van der Waals surface area contributed by atoms with Crippen molar-refractivity contribution in [2.45, 2.75) is 39.2 Å². The lowest BCUT2D eigenvalue weighted by Gasteiger charge is -2.37. The summed E-state index contributed by atoms with van der Waals surface area (Å²) in [4.78, 5) is 31.4. The molecule has 2 aromatic heterocycles. The second kappa shape index (κ2) is 9.41. The van der Waals surface area contributed by atoms with E-state index < -0.39 is 11.8 Å². The molecule has 3 rings (SSSR count). The van der Waals surface area contributed by atoms with Crippen molar-refractivity contribution in [3.8, 4) is 0 Å². The Kier molecular flexibility index (Phi) is 6.68. The Labute approximate surface area is 180 Å². The van der Waals surface area contributed by atoms with E-state index in [4.69, 9.17) is 16.9 Å². The van der Waals surface area contributed by atoms with E-state index >= 15 is 0 Å². The van der Waals surface area contributed by atoms with Crippen molar-refractivity contribution < 1.29 is 9.59 Å². The van der Waals surface area contributed by atoms with Crippen LogP contribution >= 0.6 is 0 Å². The summed E-state index contributed by atoms with van der Waals surface area (Å²) in [6.45, 7) is 4.44. The highest BCUT2D eigenvalue weighted by molar-refractivity contribution is 6.39. The maximum absolute atomic E-state index is 13.1. The molecule has 3 heterocycles. The first-order valence-corrected chi connectivity index (χ1v) is 10.2. The van der Waals surface area contributed by atoms with Crippen LogP contribution in [0, 0.1) is 11.3 Å². The number of pyridine rings is 1. The Morgan fingerprint density at radius 3 is 2.87 bits per heavy atom. The standard InChI is InChI=1S/C21H28N8O2/c1-3-14-10-15(11-25-19(14)24)26-20(30)21(31)28-12-13(2)4-5-17(28)16-7-9-29(27-16)18(23)6-8-22/h6-11,13,17,22H,3-5,12,23H2,1-2H3,(H2,24,25)(H,26,30)/b18-6+,22-8?/t13-,17+/m1/s1. The number of allylic oxidation sites excluding steroid dienone is 1. The van der Waals surface area contributed by atoms with Gasteiger partial charge >= 0.3 is 11.8 Å². The first kappa shape index (κ1) is 22.0. The third kappa shape index (κ3) is 4.90. The van der Waals surface area contributed by atoms with Crippen molar-refractivity contribution >= 4 is 35.4 Å². The van der Waals surface area contributed by atoms with Gasteiger partial charge in [-0.2, -0.15) is 5.10 Å². The average Bonchev–Trinajstić information content (AvgIpc) is 3.24. The van der Waals surface area contributed by atoms with Crippen LogP contribution in [0.2, 0.25) is 0 Å². The van der Waals surface area contributed by atoms with E-state index in [0.29, 0.717) is 42.4 Å². The molecule has 10 heteroatoms. The number of nitrogens with one attached hydrogen (secondary N) is 2. The van der Waals surface area contributed by atoms with Crippen molar-refractivity contribution in [3.63, 3.8) is 0 Å². The number of likely N-dealkylation sites (tertiary alicyclic amines) is 1. The van der Waals surface area contributed by atoms with Gasteiger partial charge in [0.1, 0.15) is 11.6 Å². The number of aromatic nitrogens is 3. The number of amides is 2. The number of hydrogen-bond donors (Lipinski definition) is 4. The SMILES string of the molecule is CCc1cc(NC(=O)C(=O)N2C[C@H](C)CC[C@H]2c2ccn(/C(N)=C/C=N)n2)cnc1N. The summed E-state index contributed by atoms with van der Waals surface area (Å²) in [5, 5.41) is 14.2. The quantitative estimate of drug-likeness (QED) is 0.423. The van der Waals surface area contributed by atoms with E-state index in [0.717, 1.165) is 18.2 Å². The molecule has 2 amide bonds. The van der Waals surface area contributed by atoms with Gasteiger partial charge in [-0.15, -0.1) is 0 Å². The molecule has 0 aliphatic carbocycles. The van der Waals surface area contributed by atoms with Gasteiger partial charge in [-0.25, -0.2) is 9.67 Å². The molecule has 0 bridgehead atoms. The lowest BCUT2D eigenvalue weighted by molar-refractivity contribution is -0.146. The molecular weight excluding hydrogens is 396 g/mol. The van der Waals surface area contributed by atoms with Crippen molar-refractivity contribution in [1.82, 2.24) is 19.7 Å². The highest BCUT2D eigenvalue weighted by atomic mass is 16.2. The Morgan fingerprint density at radius 2 is 2.16 bits per heavy atom. The monoisotopic (exact) mass is 424 g/mol. The van der Waals surface area contributed by atoms with Crippen LogP contribution in [-0.2, 0) is 16.0 Å². The molecule has 164 valence electrons. The predicted octanol–water partition coefficient (Wildman–Crippen LogP) is 1.77. The number of hydrogen-bond acceptors (Lipinski definition) is 7. The summed E-state index contributed by atoms with van der Waals surface area (Å²) < 4.78 is 1.45. The molecule has 10 nitrogen and oxygen atoms in total. The van der Waals surface area contributed by atoms with Crippen LogP contribution in [0.4, 0.5) is 11.5 Å². The average molecular weight is 425 g/mol. The zero-order valence-corrected chi connectivity index (χ0v) is 17.7. The molecule has 6 N–H and O–H groups in total. The first-order valence-electron chi connectivity index (χ1n) is 10.2. The molecule has 0 aromatic carbocycles. The maximum Gasteiger partial charge on any atom is 0.313 e. The molecule has 2 aromatic rings. The fraction of sp³-hybridized carbons (Fsp3) is 0.381. The van der Waals surface area contributed by atoms with Crippen LogP contribution < -0.4 is 16.8 Å². The Bertz CT molecular complexity index is 1010. The number of carbonyl (C=O) groups excluding carboxylic acids is 2. The van der Waals surface area contributed by atoms with Gasteiger partial charge in [0.2, 0.25) is 0 Å². The lowest BCUT2D eigenvalue weighted by atomic mass is 9.92. The zero-order chi connectivity index (χ0) is 22.5. The Balaban J connectivity index is 1.80. The first-order chi connectivity index (χ1) is 14.8. The number of carbonyl (C=O) groups is 2. The van der Waals surface area contributed by atoms with Crippen molar-refractivity contribution in [3.05, 3.63) is 41.9 Å². The van der Waals surface area contributed by atoms with Gasteiger partial charge < -0.3 is 27.1 Å². The van der Waals surface area contributed by atoms with E-state index in [1.807, 2.05) is 6.92 Å². The number of anilines is 2. The van der Waals surface area contributed by atoms with E-state index in [1.54, 1.807) is 23.2 Å². The summed E-state index contributed by atoms with van der Waals surface area (Å²) in [5.41, 5.74) is 13.6. The zero-order valence-electron chi connectivity index (χ0n) is 17.7. The van der Waals surface area contributed by atoms with Gasteiger partial charge in [0.15, 0.2) is 0 Å². The number of aryl methyl sites for hydroxylation is 1. The summed E-state index contributed by atoms with van der Waals surface area (Å²) in [6, 6.07) is 3.17. The highest BCUT2D eigenvalue weighted by Gasteiger charge is 2.35. The minimum atomic E-state index is -0.727. The molecule has 0 radical (unpaired) electrons. The molecule has 0 unspecified atom stereocenters. The molecule has 2 atom stereocenters. The van der Waals surface area contributed by atoms with Crippen molar-refractivity contribution in [1.29, 1.82) is 5.41 Å². The number of piperidine rings is 1. The van der Waals surface area contributed by atoms with Crippen LogP contribution in [0.3, 0.4) is 0 Å². The topological polar surface area (TPSA) is 156 Å². The van der Waals surface area contributed by atoms with Crippen molar-refractivity contribution in [2.24, 2.45) is 11.7 Å². The molecular formula is C21H28N8O2. The molecule has 31 heavy (non-hydrogen) atoms. The minimum Gasteiger partial charge on any atom is -0.384 e. The highest BCUT2D eigenvalue weighted by Crippen LogP contribution is 2.33. The molecule has 1 aliphatic heterocycles. The van der Waals surface area contributed by atoms with Crippen LogP contribution in [0.5, 0.6) is 0 Å². The van der Waals surface area contributed by atoms with Gasteiger partial charge in [-0.3, -0.25) is 9.59 Å². The van der Waals surface area contributed by atoms with Gasteiger partial charge in [0.25, 0.3) is 0 Å². The third-order valence-electron chi connectivity index (χ3n) is 5.38. The number of rotatable bonds is 5. The predicted molar refractivity (Wildman–Crippen MR) is 119 cm³/mol. The van der Waals surface area contributed by atoms with E-state index in [2.05, 4.69) is 22.3 Å². The fourth-order valence-electron chi connectivity index (χ4n) is 3.69. The number of nitrogens with zero attached hydrogens (tertiary/aromatic N) is 4. The smallest absolute Gasteiger partial charge is 0.313 e. The van der Waals surface area contributed by atoms with E-state index in [1.165, 1.54) is 17.0 Å². The second-order valence-electron chi connectivity index (χ2n) is 7.68. The van der Waals surface area contributed by atoms with E-state index in [9.17, 15) is 9.59 Å². The van der Waals surface area contributed by atoms with Crippen LogP contribution in [0.1, 0.15) is 44.0 Å². The Hall–Kier alpha value is -3.69. The normalized spacial score (nSPS) is 19.2. The molecule has 1 saturated heterocycles. The number of nitrogens with two attached hydrogens (primary N) is 2. The van der Waals surface area contributed by atoms with Crippen molar-refractivity contribution in [2.75, 3.05) is 17.6 Å². The van der Waals surface area contributed by atoms with Crippen LogP contribution in [0.25, 0.3) is 5.82 Å². The Morgan fingerprint density at radius 1 is 1.39 bits per heavy atom. The molecule has 1 aliphatic rings. The summed E-state index contributed by atoms with van der Waals surface area (Å²) in [7, 11) is 0. The maximum atomic E-state index is 13.1. The molecule has 0 spiro atoms. The van der Waals surface area contributed by atoms with Gasteiger partial charge in [-0.1, -0.05) is 13.8 Å². The lowest BCUT2D eigenvalue weighted by Crippen LogP contribution is -2.46. The van der Waals surface area contributed by atoms with Gasteiger partial charge in [-0.05, 0) is 49.0 Å². The van der Waals surface area contributed by atoms with Gasteiger partial charge in [0.05, 0.1) is 23.6 Å². The summed E-state index contributed by atoms with van der Waals surface area (Å²) >= 11 is 0. The third-order valence-corrected chi connectivity index (χ3v) is 5.38. The molecule has 0 saturated carbocycles.